The minimum atomic E-state index is -1.04. The Morgan fingerprint density at radius 3 is 2.83 bits per heavy atom. The molecule has 2 heterocycles. The Hall–Kier alpha value is -1.70. The zero-order valence-electron chi connectivity index (χ0n) is 16.1. The molecule has 2 aromatic rings. The molecule has 0 bridgehead atoms. The summed E-state index contributed by atoms with van der Waals surface area (Å²) in [6.07, 6.45) is -1.04. The number of hydrogen-bond donors (Lipinski definition) is 4. The lowest BCUT2D eigenvalue weighted by Gasteiger charge is -2.25. The van der Waals surface area contributed by atoms with Crippen molar-refractivity contribution in [1.82, 2.24) is 19.6 Å². The molecule has 1 fully saturated rings. The molecule has 0 spiro atoms. The maximum Gasteiger partial charge on any atom is 0.219 e. The van der Waals surface area contributed by atoms with Gasteiger partial charge in [0, 0.05) is 55.7 Å². The van der Waals surface area contributed by atoms with E-state index in [-0.39, 0.29) is 23.8 Å². The number of nitrogens with one attached hydrogen (secondary N) is 2. The fourth-order valence-corrected chi connectivity index (χ4v) is 4.00. The van der Waals surface area contributed by atoms with E-state index in [4.69, 9.17) is 9.84 Å². The predicted octanol–water partition coefficient (Wildman–Crippen LogP) is 1.66. The van der Waals surface area contributed by atoms with Crippen molar-refractivity contribution in [3.05, 3.63) is 41.5 Å². The minimum Gasteiger partial charge on any atom is -0.475 e. The molecule has 1 unspecified atom stereocenters. The predicted molar refractivity (Wildman–Crippen MR) is 112 cm³/mol. The fourth-order valence-electron chi connectivity index (χ4n) is 2.48. The second-order valence-corrected chi connectivity index (χ2v) is 8.24. The van der Waals surface area contributed by atoms with Crippen LogP contribution >= 0.6 is 23.9 Å². The average molecular weight is 460 g/mol. The van der Waals surface area contributed by atoms with Crippen molar-refractivity contribution in [3.8, 4) is 5.88 Å². The van der Waals surface area contributed by atoms with Gasteiger partial charge in [-0.25, -0.2) is 18.1 Å². The van der Waals surface area contributed by atoms with Crippen LogP contribution in [-0.2, 0) is 5.75 Å². The van der Waals surface area contributed by atoms with E-state index in [1.807, 2.05) is 0 Å². The molecule has 30 heavy (non-hydrogen) atoms. The van der Waals surface area contributed by atoms with E-state index in [2.05, 4.69) is 24.3 Å². The Labute approximate surface area is 181 Å². The normalized spacial score (nSPS) is 15.7. The summed E-state index contributed by atoms with van der Waals surface area (Å²) in [6.45, 7) is 2.96. The number of ether oxygens (including phenoxy) is 1. The number of piperazine rings is 1. The van der Waals surface area contributed by atoms with Crippen LogP contribution in [0, 0.1) is 11.6 Å². The van der Waals surface area contributed by atoms with Crippen LogP contribution < -0.4 is 14.8 Å². The lowest BCUT2D eigenvalue weighted by atomic mass is 10.2. The Bertz CT molecular complexity index is 830. The molecule has 1 saturated heterocycles. The number of aliphatic hydroxyl groups is 2. The zero-order valence-corrected chi connectivity index (χ0v) is 17.7. The standard InChI is InChI=1S/C18H23F2N5O3S2/c19-14-3-1-2-12(17(14)20)11-29-18-22-15(24-30-25-6-4-21-5-7-25)8-16(23-18)28-10-13(27)9-26/h1-3,8,13,21,26-27H,4-7,9-11H2,(H,22,23,24). The Morgan fingerprint density at radius 1 is 1.27 bits per heavy atom. The van der Waals surface area contributed by atoms with Crippen molar-refractivity contribution < 1.29 is 23.7 Å². The van der Waals surface area contributed by atoms with Crippen LogP contribution in [0.3, 0.4) is 0 Å². The van der Waals surface area contributed by atoms with Crippen LogP contribution in [0.15, 0.2) is 29.4 Å². The second kappa shape index (κ2) is 11.6. The summed E-state index contributed by atoms with van der Waals surface area (Å²) < 4.78 is 38.1. The van der Waals surface area contributed by atoms with Crippen molar-refractivity contribution >= 4 is 29.7 Å². The van der Waals surface area contributed by atoms with Gasteiger partial charge in [0.15, 0.2) is 16.8 Å². The highest BCUT2D eigenvalue weighted by atomic mass is 32.2. The van der Waals surface area contributed by atoms with Crippen molar-refractivity contribution in [2.75, 3.05) is 44.1 Å². The van der Waals surface area contributed by atoms with Gasteiger partial charge in [-0.05, 0) is 6.07 Å². The third-order valence-corrected chi connectivity index (χ3v) is 5.88. The molecule has 0 saturated carbocycles. The Kier molecular flexibility index (Phi) is 8.90. The minimum absolute atomic E-state index is 0.136. The molecule has 1 aromatic heterocycles. The monoisotopic (exact) mass is 459 g/mol. The zero-order chi connectivity index (χ0) is 21.3. The van der Waals surface area contributed by atoms with Gasteiger partial charge in [0.1, 0.15) is 18.5 Å². The third kappa shape index (κ3) is 6.93. The molecule has 0 radical (unpaired) electrons. The molecule has 0 amide bonds. The number of thioether (sulfide) groups is 1. The summed E-state index contributed by atoms with van der Waals surface area (Å²) in [5.41, 5.74) is 0.204. The first-order valence-electron chi connectivity index (χ1n) is 9.30. The van der Waals surface area contributed by atoms with Crippen LogP contribution in [0.2, 0.25) is 0 Å². The first kappa shape index (κ1) is 23.0. The molecule has 164 valence electrons. The van der Waals surface area contributed by atoms with Crippen LogP contribution in [0.5, 0.6) is 5.88 Å². The highest BCUT2D eigenvalue weighted by Crippen LogP contribution is 2.27. The van der Waals surface area contributed by atoms with Crippen molar-refractivity contribution in [2.24, 2.45) is 0 Å². The second-order valence-electron chi connectivity index (χ2n) is 6.40. The van der Waals surface area contributed by atoms with Gasteiger partial charge in [-0.2, -0.15) is 4.98 Å². The summed E-state index contributed by atoms with van der Waals surface area (Å²) in [4.78, 5) is 8.65. The van der Waals surface area contributed by atoms with E-state index in [0.717, 1.165) is 44.0 Å². The number of nitrogens with zero attached hydrogens (tertiary/aromatic N) is 3. The van der Waals surface area contributed by atoms with Gasteiger partial charge in [-0.3, -0.25) is 0 Å². The van der Waals surface area contributed by atoms with Crippen molar-refractivity contribution in [3.63, 3.8) is 0 Å². The molecule has 12 heteroatoms. The van der Waals surface area contributed by atoms with E-state index in [1.54, 1.807) is 6.07 Å². The van der Waals surface area contributed by atoms with Crippen molar-refractivity contribution in [2.45, 2.75) is 17.0 Å². The Balaban J connectivity index is 1.69. The molecule has 1 aromatic carbocycles. The van der Waals surface area contributed by atoms with E-state index >= 15 is 0 Å². The number of benzene rings is 1. The van der Waals surface area contributed by atoms with Gasteiger partial charge in [-0.1, -0.05) is 23.9 Å². The van der Waals surface area contributed by atoms with E-state index < -0.39 is 24.3 Å². The van der Waals surface area contributed by atoms with Gasteiger partial charge >= 0.3 is 0 Å². The summed E-state index contributed by atoms with van der Waals surface area (Å²) in [7, 11) is 0. The molecular weight excluding hydrogens is 436 g/mol. The largest absolute Gasteiger partial charge is 0.475 e. The molecule has 1 aliphatic heterocycles. The first-order chi connectivity index (χ1) is 14.5. The summed E-state index contributed by atoms with van der Waals surface area (Å²) in [5, 5.41) is 22.0. The van der Waals surface area contributed by atoms with Crippen LogP contribution in [0.25, 0.3) is 0 Å². The van der Waals surface area contributed by atoms with E-state index in [9.17, 15) is 13.9 Å². The number of halogens is 2. The van der Waals surface area contributed by atoms with Crippen LogP contribution in [-0.4, -0.2) is 70.0 Å². The maximum absolute atomic E-state index is 13.9. The highest BCUT2D eigenvalue weighted by Gasteiger charge is 2.14. The molecule has 8 nitrogen and oxygen atoms in total. The smallest absolute Gasteiger partial charge is 0.219 e. The van der Waals surface area contributed by atoms with Gasteiger partial charge in [0.05, 0.1) is 6.61 Å². The first-order valence-corrected chi connectivity index (χ1v) is 11.1. The Morgan fingerprint density at radius 2 is 2.07 bits per heavy atom. The maximum atomic E-state index is 13.9. The lowest BCUT2D eigenvalue weighted by Crippen LogP contribution is -2.40. The molecule has 1 atom stereocenters. The van der Waals surface area contributed by atoms with Crippen LogP contribution in [0.1, 0.15) is 5.56 Å². The third-order valence-electron chi connectivity index (χ3n) is 4.06. The number of hydrogen-bond acceptors (Lipinski definition) is 10. The number of aliphatic hydroxyl groups excluding tert-OH is 2. The van der Waals surface area contributed by atoms with Gasteiger partial charge in [-0.15, -0.1) is 0 Å². The fraction of sp³-hybridized carbons (Fsp3) is 0.444. The summed E-state index contributed by atoms with van der Waals surface area (Å²) in [5.74, 6) is -0.987. The number of rotatable bonds is 10. The highest BCUT2D eigenvalue weighted by molar-refractivity contribution is 7.98. The van der Waals surface area contributed by atoms with Gasteiger partial charge in [0.25, 0.3) is 0 Å². The molecule has 1 aliphatic rings. The quantitative estimate of drug-likeness (QED) is 0.238. The van der Waals surface area contributed by atoms with Gasteiger partial charge < -0.3 is 25.0 Å². The lowest BCUT2D eigenvalue weighted by molar-refractivity contribution is 0.0518. The average Bonchev–Trinajstić information content (AvgIpc) is 2.77. The molecule has 3 rings (SSSR count). The van der Waals surface area contributed by atoms with Gasteiger partial charge in [0.2, 0.25) is 5.88 Å². The number of aromatic nitrogens is 2. The topological polar surface area (TPSA) is 103 Å². The summed E-state index contributed by atoms with van der Waals surface area (Å²) in [6, 6.07) is 5.59. The van der Waals surface area contributed by atoms with Crippen LogP contribution in [0.4, 0.5) is 14.6 Å². The van der Waals surface area contributed by atoms with E-state index in [1.165, 1.54) is 24.3 Å². The molecular formula is C18H23F2N5O3S2. The van der Waals surface area contributed by atoms with E-state index in [0.29, 0.717) is 11.0 Å². The SMILES string of the molecule is OCC(O)COc1cc(NSN2CCNCC2)nc(SCc2cccc(F)c2F)n1. The molecule has 4 N–H and O–H groups in total. The molecule has 0 aliphatic carbocycles. The summed E-state index contributed by atoms with van der Waals surface area (Å²) >= 11 is 2.54. The number of anilines is 1. The van der Waals surface area contributed by atoms with Crippen molar-refractivity contribution in [1.29, 1.82) is 0 Å².